The number of rotatable bonds is 6. The van der Waals surface area contributed by atoms with Gasteiger partial charge in [0.2, 0.25) is 0 Å². The Morgan fingerprint density at radius 1 is 1.29 bits per heavy atom. The number of nitrogens with zero attached hydrogens (tertiary/aromatic N) is 3. The largest absolute Gasteiger partial charge is 0.465 e. The Labute approximate surface area is 164 Å². The Hall–Kier alpha value is -3.20. The van der Waals surface area contributed by atoms with E-state index in [1.807, 2.05) is 6.92 Å². The molecule has 9 heteroatoms. The van der Waals surface area contributed by atoms with E-state index in [9.17, 15) is 19.7 Å². The van der Waals surface area contributed by atoms with E-state index in [0.717, 1.165) is 24.2 Å². The molecule has 0 unspecified atom stereocenters. The molecule has 144 valence electrons. The van der Waals surface area contributed by atoms with Crippen molar-refractivity contribution in [3.63, 3.8) is 0 Å². The Balaban J connectivity index is 2.17. The molecule has 0 radical (unpaired) electrons. The second-order valence-corrected chi connectivity index (χ2v) is 6.91. The van der Waals surface area contributed by atoms with E-state index in [2.05, 4.69) is 4.98 Å². The summed E-state index contributed by atoms with van der Waals surface area (Å²) < 4.78 is 6.31. The van der Waals surface area contributed by atoms with Crippen LogP contribution in [0.15, 0.2) is 57.3 Å². The van der Waals surface area contributed by atoms with Crippen molar-refractivity contribution in [2.75, 3.05) is 7.11 Å². The lowest BCUT2D eigenvalue weighted by molar-refractivity contribution is -0.384. The van der Waals surface area contributed by atoms with Gasteiger partial charge in [-0.05, 0) is 24.6 Å². The van der Waals surface area contributed by atoms with Crippen LogP contribution in [0.25, 0.3) is 10.9 Å². The van der Waals surface area contributed by atoms with Gasteiger partial charge in [-0.1, -0.05) is 30.8 Å². The molecule has 0 aliphatic carbocycles. The summed E-state index contributed by atoms with van der Waals surface area (Å²) in [6.07, 6.45) is 0.720. The summed E-state index contributed by atoms with van der Waals surface area (Å²) in [4.78, 5) is 40.5. The molecule has 0 spiro atoms. The monoisotopic (exact) mass is 399 g/mol. The highest BCUT2D eigenvalue weighted by Gasteiger charge is 2.20. The molecule has 3 rings (SSSR count). The second kappa shape index (κ2) is 8.22. The van der Waals surface area contributed by atoms with Crippen LogP contribution in [0.3, 0.4) is 0 Å². The van der Waals surface area contributed by atoms with Crippen LogP contribution in [0, 0.1) is 10.1 Å². The van der Waals surface area contributed by atoms with Crippen molar-refractivity contribution in [2.24, 2.45) is 0 Å². The summed E-state index contributed by atoms with van der Waals surface area (Å²) in [5, 5.41) is 12.0. The molecule has 0 atom stereocenters. The first-order valence-corrected chi connectivity index (χ1v) is 9.32. The Morgan fingerprint density at radius 3 is 2.71 bits per heavy atom. The van der Waals surface area contributed by atoms with Crippen molar-refractivity contribution in [3.8, 4) is 0 Å². The first-order valence-electron chi connectivity index (χ1n) is 8.50. The second-order valence-electron chi connectivity index (χ2n) is 5.90. The fourth-order valence-corrected chi connectivity index (χ4v) is 3.75. The molecular formula is C19H17N3O5S. The van der Waals surface area contributed by atoms with Gasteiger partial charge in [-0.2, -0.15) is 0 Å². The molecular weight excluding hydrogens is 382 g/mol. The average Bonchev–Trinajstić information content (AvgIpc) is 2.70. The summed E-state index contributed by atoms with van der Waals surface area (Å²) in [6.45, 7) is 2.40. The van der Waals surface area contributed by atoms with Crippen LogP contribution in [0.4, 0.5) is 5.69 Å². The number of esters is 1. The van der Waals surface area contributed by atoms with Crippen molar-refractivity contribution in [3.05, 3.63) is 68.5 Å². The number of methoxy groups -OCH3 is 1. The fraction of sp³-hybridized carbons (Fsp3) is 0.211. The number of carbonyl (C=O) groups is 1. The maximum atomic E-state index is 12.9. The molecule has 0 bridgehead atoms. The van der Waals surface area contributed by atoms with Crippen LogP contribution in [-0.2, 0) is 11.3 Å². The minimum atomic E-state index is -0.698. The highest BCUT2D eigenvalue weighted by atomic mass is 32.2. The van der Waals surface area contributed by atoms with Gasteiger partial charge in [0, 0.05) is 23.6 Å². The molecule has 0 amide bonds. The van der Waals surface area contributed by atoms with E-state index in [-0.39, 0.29) is 16.8 Å². The van der Waals surface area contributed by atoms with E-state index in [1.54, 1.807) is 28.8 Å². The maximum absolute atomic E-state index is 12.9. The number of fused-ring (bicyclic) bond motifs is 1. The number of hydrogen-bond donors (Lipinski definition) is 0. The summed E-state index contributed by atoms with van der Waals surface area (Å²) in [6, 6.07) is 11.0. The van der Waals surface area contributed by atoms with E-state index >= 15 is 0 Å². The zero-order valence-electron chi connectivity index (χ0n) is 15.2. The van der Waals surface area contributed by atoms with Gasteiger partial charge in [0.25, 0.3) is 11.2 Å². The first kappa shape index (κ1) is 19.6. The van der Waals surface area contributed by atoms with Gasteiger partial charge in [-0.25, -0.2) is 9.78 Å². The molecule has 2 aromatic carbocycles. The lowest BCUT2D eigenvalue weighted by Crippen LogP contribution is -2.23. The molecule has 1 heterocycles. The van der Waals surface area contributed by atoms with Gasteiger partial charge in [-0.3, -0.25) is 19.5 Å². The van der Waals surface area contributed by atoms with Crippen molar-refractivity contribution >= 4 is 34.3 Å². The minimum absolute atomic E-state index is 0.0483. The standard InChI is InChI=1S/C19H17N3O5S/c1-3-10-21-17(23)13-6-4-5-7-15(13)20-19(21)28-16-9-8-12(22(25)26)11-14(16)18(24)27-2/h4-9,11H,3,10H2,1-2H3. The zero-order valence-corrected chi connectivity index (χ0v) is 16.1. The van der Waals surface area contributed by atoms with Crippen LogP contribution in [0.1, 0.15) is 23.7 Å². The van der Waals surface area contributed by atoms with Crippen molar-refractivity contribution < 1.29 is 14.5 Å². The quantitative estimate of drug-likeness (QED) is 0.270. The van der Waals surface area contributed by atoms with Crippen molar-refractivity contribution in [1.29, 1.82) is 0 Å². The normalized spacial score (nSPS) is 10.8. The number of non-ortho nitro benzene ring substituents is 1. The number of nitro groups is 1. The van der Waals surface area contributed by atoms with Crippen LogP contribution >= 0.6 is 11.8 Å². The number of carbonyl (C=O) groups excluding carboxylic acids is 1. The molecule has 8 nitrogen and oxygen atoms in total. The van der Waals surface area contributed by atoms with Gasteiger partial charge in [0.1, 0.15) is 0 Å². The molecule has 0 aliphatic rings. The van der Waals surface area contributed by atoms with Crippen LogP contribution in [0.2, 0.25) is 0 Å². The van der Waals surface area contributed by atoms with Crippen molar-refractivity contribution in [2.45, 2.75) is 29.9 Å². The lowest BCUT2D eigenvalue weighted by atomic mass is 10.2. The topological polar surface area (TPSA) is 104 Å². The van der Waals surface area contributed by atoms with E-state index in [0.29, 0.717) is 27.5 Å². The van der Waals surface area contributed by atoms with Gasteiger partial charge >= 0.3 is 5.97 Å². The fourth-order valence-electron chi connectivity index (χ4n) is 2.73. The van der Waals surface area contributed by atoms with E-state index in [1.165, 1.54) is 19.2 Å². The predicted octanol–water partition coefficient (Wildman–Crippen LogP) is 3.65. The smallest absolute Gasteiger partial charge is 0.339 e. The van der Waals surface area contributed by atoms with Crippen LogP contribution in [0.5, 0.6) is 0 Å². The lowest BCUT2D eigenvalue weighted by Gasteiger charge is -2.13. The SMILES string of the molecule is CCCn1c(Sc2ccc([N+](=O)[O-])cc2C(=O)OC)nc2ccccc2c1=O. The summed E-state index contributed by atoms with van der Waals surface area (Å²) in [5.74, 6) is -0.698. The van der Waals surface area contributed by atoms with Gasteiger partial charge < -0.3 is 4.74 Å². The molecule has 0 N–H and O–H groups in total. The highest BCUT2D eigenvalue weighted by Crippen LogP contribution is 2.32. The molecule has 0 saturated carbocycles. The highest BCUT2D eigenvalue weighted by molar-refractivity contribution is 7.99. The maximum Gasteiger partial charge on any atom is 0.339 e. The van der Waals surface area contributed by atoms with E-state index in [4.69, 9.17) is 4.74 Å². The number of para-hydroxylation sites is 1. The third-order valence-electron chi connectivity index (χ3n) is 4.05. The summed E-state index contributed by atoms with van der Waals surface area (Å²) >= 11 is 1.10. The Bertz CT molecular complexity index is 1130. The number of ether oxygens (including phenoxy) is 1. The molecule has 28 heavy (non-hydrogen) atoms. The molecule has 0 fully saturated rings. The third kappa shape index (κ3) is 3.74. The Morgan fingerprint density at radius 2 is 2.04 bits per heavy atom. The number of benzene rings is 2. The van der Waals surface area contributed by atoms with Gasteiger partial charge in [-0.15, -0.1) is 0 Å². The number of hydrogen-bond acceptors (Lipinski definition) is 7. The molecule has 3 aromatic rings. The molecule has 1 aromatic heterocycles. The average molecular weight is 399 g/mol. The predicted molar refractivity (Wildman–Crippen MR) is 105 cm³/mol. The van der Waals surface area contributed by atoms with Gasteiger partial charge in [0.15, 0.2) is 5.16 Å². The molecule has 0 saturated heterocycles. The summed E-state index contributed by atoms with van der Waals surface area (Å²) in [5.41, 5.74) is 0.203. The minimum Gasteiger partial charge on any atom is -0.465 e. The van der Waals surface area contributed by atoms with Crippen LogP contribution < -0.4 is 5.56 Å². The Kier molecular flexibility index (Phi) is 5.74. The first-order chi connectivity index (χ1) is 13.5. The summed E-state index contributed by atoms with van der Waals surface area (Å²) in [7, 11) is 1.21. The van der Waals surface area contributed by atoms with E-state index < -0.39 is 10.9 Å². The van der Waals surface area contributed by atoms with Crippen molar-refractivity contribution in [1.82, 2.24) is 9.55 Å². The molecule has 0 aliphatic heterocycles. The number of nitro benzene ring substituents is 1. The number of aromatic nitrogens is 2. The van der Waals surface area contributed by atoms with Gasteiger partial charge in [0.05, 0.1) is 28.5 Å². The van der Waals surface area contributed by atoms with Crippen LogP contribution in [-0.4, -0.2) is 27.6 Å². The third-order valence-corrected chi connectivity index (χ3v) is 5.12. The zero-order chi connectivity index (χ0) is 20.3.